The van der Waals surface area contributed by atoms with Crippen LogP contribution < -0.4 is 5.32 Å². The summed E-state index contributed by atoms with van der Waals surface area (Å²) in [6, 6.07) is 18.9. The third-order valence-electron chi connectivity index (χ3n) is 6.53. The van der Waals surface area contributed by atoms with Gasteiger partial charge in [0.05, 0.1) is 0 Å². The van der Waals surface area contributed by atoms with E-state index in [1.807, 2.05) is 12.1 Å². The van der Waals surface area contributed by atoms with Crippen LogP contribution in [-0.4, -0.2) is 5.91 Å². The molecule has 0 aliphatic heterocycles. The molecule has 0 unspecified atom stereocenters. The molecule has 0 bridgehead atoms. The summed E-state index contributed by atoms with van der Waals surface area (Å²) in [6.07, 6.45) is 17.9. The Morgan fingerprint density at radius 2 is 1.16 bits per heavy atom. The van der Waals surface area contributed by atoms with E-state index >= 15 is 0 Å². The minimum absolute atomic E-state index is 0.133. The summed E-state index contributed by atoms with van der Waals surface area (Å²) >= 11 is 0. The first kappa shape index (κ1) is 24.3. The van der Waals surface area contributed by atoms with Gasteiger partial charge in [0.25, 0.3) is 0 Å². The van der Waals surface area contributed by atoms with Crippen molar-refractivity contribution in [3.05, 3.63) is 54.6 Å². The van der Waals surface area contributed by atoms with E-state index in [9.17, 15) is 4.79 Å². The standard InChI is InChI=1S/C30H41NO/c1-2-3-4-5-6-7-8-9-10-11-12-13-14-22-30(32)31-29-21-17-20-27-23-25-18-15-16-19-26(25)24-28(27)29/h15-21,23-24H,2-14,22H2,1H3,(H,31,32). The van der Waals surface area contributed by atoms with Crippen LogP contribution in [0.5, 0.6) is 0 Å². The fraction of sp³-hybridized carbons (Fsp3) is 0.500. The van der Waals surface area contributed by atoms with Crippen LogP contribution in [0.1, 0.15) is 96.8 Å². The molecular formula is C30H41NO. The zero-order valence-electron chi connectivity index (χ0n) is 20.0. The van der Waals surface area contributed by atoms with E-state index in [0.717, 1.165) is 23.9 Å². The summed E-state index contributed by atoms with van der Waals surface area (Å²) in [4.78, 5) is 12.5. The lowest BCUT2D eigenvalue weighted by atomic mass is 10.0. The van der Waals surface area contributed by atoms with Gasteiger partial charge in [-0.25, -0.2) is 0 Å². The van der Waals surface area contributed by atoms with E-state index in [4.69, 9.17) is 0 Å². The summed E-state index contributed by atoms with van der Waals surface area (Å²) in [5.41, 5.74) is 0.924. The maximum absolute atomic E-state index is 12.5. The predicted octanol–water partition coefficient (Wildman–Crippen LogP) is 9.41. The third-order valence-corrected chi connectivity index (χ3v) is 6.53. The molecule has 0 radical (unpaired) electrons. The molecule has 0 aliphatic rings. The number of carbonyl (C=O) groups excluding carboxylic acids is 1. The normalized spacial score (nSPS) is 11.3. The van der Waals surface area contributed by atoms with Crippen LogP contribution in [0.15, 0.2) is 54.6 Å². The molecule has 0 aromatic heterocycles. The van der Waals surface area contributed by atoms with Gasteiger partial charge >= 0.3 is 0 Å². The number of carbonyl (C=O) groups is 1. The molecule has 1 N–H and O–H groups in total. The molecule has 3 aromatic carbocycles. The lowest BCUT2D eigenvalue weighted by Crippen LogP contribution is -2.11. The van der Waals surface area contributed by atoms with Crippen LogP contribution in [0, 0.1) is 0 Å². The molecule has 0 heterocycles. The minimum atomic E-state index is 0.133. The van der Waals surface area contributed by atoms with Gasteiger partial charge in [-0.3, -0.25) is 4.79 Å². The van der Waals surface area contributed by atoms with Crippen molar-refractivity contribution < 1.29 is 4.79 Å². The first-order valence-corrected chi connectivity index (χ1v) is 13.0. The second-order valence-corrected chi connectivity index (χ2v) is 9.27. The Balaban J connectivity index is 1.30. The van der Waals surface area contributed by atoms with E-state index in [2.05, 4.69) is 54.7 Å². The van der Waals surface area contributed by atoms with Crippen molar-refractivity contribution in [2.24, 2.45) is 0 Å². The van der Waals surface area contributed by atoms with E-state index in [1.54, 1.807) is 0 Å². The van der Waals surface area contributed by atoms with Gasteiger partial charge in [-0.15, -0.1) is 0 Å². The molecular weight excluding hydrogens is 390 g/mol. The quantitative estimate of drug-likeness (QED) is 0.188. The van der Waals surface area contributed by atoms with Crippen LogP contribution in [0.2, 0.25) is 0 Å². The summed E-state index contributed by atoms with van der Waals surface area (Å²) in [6.45, 7) is 2.28. The van der Waals surface area contributed by atoms with Gasteiger partial charge in [0.2, 0.25) is 5.91 Å². The lowest BCUT2D eigenvalue weighted by Gasteiger charge is -2.10. The monoisotopic (exact) mass is 431 g/mol. The Kier molecular flexibility index (Phi) is 10.6. The largest absolute Gasteiger partial charge is 0.326 e. The highest BCUT2D eigenvalue weighted by Crippen LogP contribution is 2.28. The number of unbranched alkanes of at least 4 members (excludes halogenated alkanes) is 12. The molecule has 0 spiro atoms. The first-order chi connectivity index (χ1) is 15.8. The molecule has 2 heteroatoms. The topological polar surface area (TPSA) is 29.1 Å². The van der Waals surface area contributed by atoms with Crippen LogP contribution in [0.4, 0.5) is 5.69 Å². The van der Waals surface area contributed by atoms with Crippen LogP contribution in [0.3, 0.4) is 0 Å². The number of benzene rings is 3. The fourth-order valence-electron chi connectivity index (χ4n) is 4.59. The van der Waals surface area contributed by atoms with Crippen molar-refractivity contribution in [3.63, 3.8) is 0 Å². The minimum Gasteiger partial charge on any atom is -0.326 e. The van der Waals surface area contributed by atoms with Crippen molar-refractivity contribution in [3.8, 4) is 0 Å². The summed E-state index contributed by atoms with van der Waals surface area (Å²) < 4.78 is 0. The fourth-order valence-corrected chi connectivity index (χ4v) is 4.59. The SMILES string of the molecule is CCCCCCCCCCCCCCCC(=O)Nc1cccc2cc3ccccc3cc12. The number of nitrogens with one attached hydrogen (secondary N) is 1. The second kappa shape index (κ2) is 13.9. The van der Waals surface area contributed by atoms with Crippen molar-refractivity contribution in [1.29, 1.82) is 0 Å². The van der Waals surface area contributed by atoms with Gasteiger partial charge in [-0.05, 0) is 40.8 Å². The zero-order valence-corrected chi connectivity index (χ0v) is 20.0. The van der Waals surface area contributed by atoms with Gasteiger partial charge in [-0.2, -0.15) is 0 Å². The number of fused-ring (bicyclic) bond motifs is 2. The molecule has 2 nitrogen and oxygen atoms in total. The van der Waals surface area contributed by atoms with Crippen molar-refractivity contribution in [1.82, 2.24) is 0 Å². The molecule has 0 aliphatic carbocycles. The smallest absolute Gasteiger partial charge is 0.224 e. The van der Waals surface area contributed by atoms with Crippen molar-refractivity contribution >= 4 is 33.1 Å². The predicted molar refractivity (Wildman–Crippen MR) is 140 cm³/mol. The van der Waals surface area contributed by atoms with Crippen LogP contribution in [-0.2, 0) is 4.79 Å². The maximum Gasteiger partial charge on any atom is 0.224 e. The summed E-state index contributed by atoms with van der Waals surface area (Å²) in [5, 5.41) is 7.88. The molecule has 32 heavy (non-hydrogen) atoms. The van der Waals surface area contributed by atoms with Gasteiger partial charge in [-0.1, -0.05) is 120 Å². The zero-order chi connectivity index (χ0) is 22.4. The Bertz CT molecular complexity index is 961. The number of amides is 1. The Morgan fingerprint density at radius 1 is 0.625 bits per heavy atom. The van der Waals surface area contributed by atoms with Crippen LogP contribution in [0.25, 0.3) is 21.5 Å². The van der Waals surface area contributed by atoms with Crippen molar-refractivity contribution in [2.75, 3.05) is 5.32 Å². The van der Waals surface area contributed by atoms with Gasteiger partial charge in [0.15, 0.2) is 0 Å². The van der Waals surface area contributed by atoms with Gasteiger partial charge in [0.1, 0.15) is 0 Å². The Morgan fingerprint density at radius 3 is 1.78 bits per heavy atom. The molecule has 0 saturated heterocycles. The molecule has 0 saturated carbocycles. The second-order valence-electron chi connectivity index (χ2n) is 9.27. The molecule has 3 rings (SSSR count). The molecule has 3 aromatic rings. The molecule has 0 fully saturated rings. The van der Waals surface area contributed by atoms with E-state index in [0.29, 0.717) is 6.42 Å². The Labute approximate surface area is 194 Å². The van der Waals surface area contributed by atoms with E-state index < -0.39 is 0 Å². The maximum atomic E-state index is 12.5. The molecule has 1 amide bonds. The Hall–Kier alpha value is -2.35. The average Bonchev–Trinajstić information content (AvgIpc) is 2.81. The van der Waals surface area contributed by atoms with Gasteiger partial charge in [0, 0.05) is 17.5 Å². The number of hydrogen-bond acceptors (Lipinski definition) is 1. The highest BCUT2D eigenvalue weighted by molar-refractivity contribution is 6.07. The lowest BCUT2D eigenvalue weighted by molar-refractivity contribution is -0.116. The molecule has 0 atom stereocenters. The third kappa shape index (κ3) is 7.97. The van der Waals surface area contributed by atoms with E-state index in [1.165, 1.54) is 86.8 Å². The average molecular weight is 432 g/mol. The highest BCUT2D eigenvalue weighted by Gasteiger charge is 2.07. The molecule has 172 valence electrons. The van der Waals surface area contributed by atoms with Gasteiger partial charge < -0.3 is 5.32 Å². The summed E-state index contributed by atoms with van der Waals surface area (Å²) in [5.74, 6) is 0.133. The summed E-state index contributed by atoms with van der Waals surface area (Å²) in [7, 11) is 0. The van der Waals surface area contributed by atoms with Crippen molar-refractivity contribution in [2.45, 2.75) is 96.8 Å². The van der Waals surface area contributed by atoms with E-state index in [-0.39, 0.29) is 5.91 Å². The number of anilines is 1. The first-order valence-electron chi connectivity index (χ1n) is 13.0. The highest BCUT2D eigenvalue weighted by atomic mass is 16.1. The van der Waals surface area contributed by atoms with Crippen LogP contribution >= 0.6 is 0 Å². The number of rotatable bonds is 15. The number of hydrogen-bond donors (Lipinski definition) is 1.